The van der Waals surface area contributed by atoms with Crippen molar-refractivity contribution >= 4 is 27.5 Å². The maximum Gasteiger partial charge on any atom is 0.238 e. The average molecular weight is 327 g/mol. The van der Waals surface area contributed by atoms with Gasteiger partial charge in [0.1, 0.15) is 0 Å². The largest absolute Gasteiger partial charge is 0.395 e. The van der Waals surface area contributed by atoms with Gasteiger partial charge in [-0.15, -0.1) is 0 Å². The SMILES string of the molecule is CC1CCN(CC(=O)Nc2cccc(Br)c2)C1CO. The predicted molar refractivity (Wildman–Crippen MR) is 79.0 cm³/mol. The van der Waals surface area contributed by atoms with E-state index in [1.54, 1.807) is 0 Å². The number of nitrogens with one attached hydrogen (secondary N) is 1. The van der Waals surface area contributed by atoms with E-state index in [0.29, 0.717) is 12.5 Å². The number of anilines is 1. The number of hydrogen-bond donors (Lipinski definition) is 2. The number of rotatable bonds is 4. The Morgan fingerprint density at radius 2 is 2.37 bits per heavy atom. The van der Waals surface area contributed by atoms with Gasteiger partial charge in [0.15, 0.2) is 0 Å². The third kappa shape index (κ3) is 3.78. The van der Waals surface area contributed by atoms with Crippen LogP contribution in [0.15, 0.2) is 28.7 Å². The molecule has 1 fully saturated rings. The molecular formula is C14H19BrN2O2. The Kier molecular flexibility index (Phi) is 4.96. The molecule has 1 aromatic rings. The Bertz CT molecular complexity index is 453. The van der Waals surface area contributed by atoms with Crippen molar-refractivity contribution in [2.75, 3.05) is 25.0 Å². The fourth-order valence-corrected chi connectivity index (χ4v) is 2.93. The van der Waals surface area contributed by atoms with E-state index in [2.05, 4.69) is 33.1 Å². The van der Waals surface area contributed by atoms with E-state index in [0.717, 1.165) is 23.1 Å². The number of amides is 1. The molecule has 0 saturated carbocycles. The summed E-state index contributed by atoms with van der Waals surface area (Å²) in [7, 11) is 0. The van der Waals surface area contributed by atoms with Crippen LogP contribution in [0.3, 0.4) is 0 Å². The molecule has 0 radical (unpaired) electrons. The summed E-state index contributed by atoms with van der Waals surface area (Å²) >= 11 is 3.37. The molecule has 0 spiro atoms. The third-order valence-corrected chi connectivity index (χ3v) is 4.13. The van der Waals surface area contributed by atoms with Gasteiger partial charge in [-0.2, -0.15) is 0 Å². The highest BCUT2D eigenvalue weighted by Gasteiger charge is 2.31. The number of hydrogen-bond acceptors (Lipinski definition) is 3. The van der Waals surface area contributed by atoms with Crippen molar-refractivity contribution in [3.63, 3.8) is 0 Å². The van der Waals surface area contributed by atoms with Crippen LogP contribution in [0, 0.1) is 5.92 Å². The number of carbonyl (C=O) groups excluding carboxylic acids is 1. The lowest BCUT2D eigenvalue weighted by atomic mass is 10.0. The van der Waals surface area contributed by atoms with E-state index >= 15 is 0 Å². The number of benzene rings is 1. The Labute approximate surface area is 121 Å². The Morgan fingerprint density at radius 3 is 3.05 bits per heavy atom. The lowest BCUT2D eigenvalue weighted by Crippen LogP contribution is -2.40. The van der Waals surface area contributed by atoms with Crippen LogP contribution >= 0.6 is 15.9 Å². The first-order valence-electron chi connectivity index (χ1n) is 6.50. The molecule has 1 aliphatic rings. The molecular weight excluding hydrogens is 308 g/mol. The number of aliphatic hydroxyl groups is 1. The zero-order valence-electron chi connectivity index (χ0n) is 11.0. The first-order valence-corrected chi connectivity index (χ1v) is 7.30. The maximum absolute atomic E-state index is 12.0. The van der Waals surface area contributed by atoms with Crippen LogP contribution in [0.2, 0.25) is 0 Å². The summed E-state index contributed by atoms with van der Waals surface area (Å²) in [5.74, 6) is 0.411. The molecule has 0 aromatic heterocycles. The zero-order chi connectivity index (χ0) is 13.8. The molecule has 5 heteroatoms. The molecule has 2 atom stereocenters. The van der Waals surface area contributed by atoms with E-state index in [-0.39, 0.29) is 18.6 Å². The summed E-state index contributed by atoms with van der Waals surface area (Å²) in [6.07, 6.45) is 1.04. The van der Waals surface area contributed by atoms with Gasteiger partial charge in [-0.25, -0.2) is 0 Å². The number of aliphatic hydroxyl groups excluding tert-OH is 1. The molecule has 1 saturated heterocycles. The van der Waals surface area contributed by atoms with Gasteiger partial charge in [-0.1, -0.05) is 28.9 Å². The first kappa shape index (κ1) is 14.5. The van der Waals surface area contributed by atoms with Crippen molar-refractivity contribution in [3.8, 4) is 0 Å². The second kappa shape index (κ2) is 6.50. The van der Waals surface area contributed by atoms with E-state index in [1.165, 1.54) is 0 Å². The smallest absolute Gasteiger partial charge is 0.238 e. The second-order valence-corrected chi connectivity index (χ2v) is 5.96. The quantitative estimate of drug-likeness (QED) is 0.890. The highest BCUT2D eigenvalue weighted by atomic mass is 79.9. The van der Waals surface area contributed by atoms with E-state index in [9.17, 15) is 9.90 Å². The molecule has 2 unspecified atom stereocenters. The van der Waals surface area contributed by atoms with E-state index in [1.807, 2.05) is 24.3 Å². The molecule has 104 valence electrons. The summed E-state index contributed by atoms with van der Waals surface area (Å²) in [6.45, 7) is 3.44. The van der Waals surface area contributed by atoms with Crippen molar-refractivity contribution in [3.05, 3.63) is 28.7 Å². The van der Waals surface area contributed by atoms with Gasteiger partial charge in [0.25, 0.3) is 0 Å². The summed E-state index contributed by atoms with van der Waals surface area (Å²) in [4.78, 5) is 14.1. The summed E-state index contributed by atoms with van der Waals surface area (Å²) in [6, 6.07) is 7.63. The topological polar surface area (TPSA) is 52.6 Å². The standard InChI is InChI=1S/C14H19BrN2O2/c1-10-5-6-17(13(10)9-18)8-14(19)16-12-4-2-3-11(15)7-12/h2-4,7,10,13,18H,5-6,8-9H2,1H3,(H,16,19). The monoisotopic (exact) mass is 326 g/mol. The third-order valence-electron chi connectivity index (χ3n) is 3.64. The predicted octanol–water partition coefficient (Wildman–Crippen LogP) is 2.09. The minimum absolute atomic E-state index is 0.0364. The summed E-state index contributed by atoms with van der Waals surface area (Å²) < 4.78 is 0.938. The molecule has 0 aliphatic carbocycles. The minimum Gasteiger partial charge on any atom is -0.395 e. The van der Waals surface area contributed by atoms with Gasteiger partial charge < -0.3 is 10.4 Å². The molecule has 19 heavy (non-hydrogen) atoms. The molecule has 1 heterocycles. The maximum atomic E-state index is 12.0. The summed E-state index contributed by atoms with van der Waals surface area (Å²) in [5, 5.41) is 12.2. The number of halogens is 1. The van der Waals surface area contributed by atoms with Crippen molar-refractivity contribution in [1.82, 2.24) is 4.90 Å². The molecule has 4 nitrogen and oxygen atoms in total. The fraction of sp³-hybridized carbons (Fsp3) is 0.500. The lowest BCUT2D eigenvalue weighted by molar-refractivity contribution is -0.117. The van der Waals surface area contributed by atoms with Gasteiger partial charge in [-0.05, 0) is 37.1 Å². The van der Waals surface area contributed by atoms with Crippen molar-refractivity contribution < 1.29 is 9.90 Å². The molecule has 0 bridgehead atoms. The molecule has 2 rings (SSSR count). The highest BCUT2D eigenvalue weighted by Crippen LogP contribution is 2.23. The Balaban J connectivity index is 1.91. The van der Waals surface area contributed by atoms with E-state index in [4.69, 9.17) is 0 Å². The van der Waals surface area contributed by atoms with Gasteiger partial charge >= 0.3 is 0 Å². The second-order valence-electron chi connectivity index (χ2n) is 5.04. The van der Waals surface area contributed by atoms with E-state index < -0.39 is 0 Å². The van der Waals surface area contributed by atoms with Crippen LogP contribution in [0.5, 0.6) is 0 Å². The zero-order valence-corrected chi connectivity index (χ0v) is 12.6. The van der Waals surface area contributed by atoms with Crippen LogP contribution in [0.25, 0.3) is 0 Å². The van der Waals surface area contributed by atoms with Crippen molar-refractivity contribution in [2.45, 2.75) is 19.4 Å². The molecule has 1 aromatic carbocycles. The highest BCUT2D eigenvalue weighted by molar-refractivity contribution is 9.10. The Hall–Kier alpha value is -0.910. The fourth-order valence-electron chi connectivity index (χ4n) is 2.53. The van der Waals surface area contributed by atoms with Gasteiger partial charge in [0.2, 0.25) is 5.91 Å². The van der Waals surface area contributed by atoms with Gasteiger partial charge in [0.05, 0.1) is 13.2 Å². The van der Waals surface area contributed by atoms with Gasteiger partial charge in [-0.3, -0.25) is 9.69 Å². The number of nitrogens with zero attached hydrogens (tertiary/aromatic N) is 1. The normalized spacial score (nSPS) is 23.5. The average Bonchev–Trinajstić information content (AvgIpc) is 2.69. The van der Waals surface area contributed by atoms with Crippen LogP contribution in [-0.4, -0.2) is 41.7 Å². The van der Waals surface area contributed by atoms with Crippen molar-refractivity contribution in [1.29, 1.82) is 0 Å². The van der Waals surface area contributed by atoms with Crippen LogP contribution < -0.4 is 5.32 Å². The Morgan fingerprint density at radius 1 is 1.58 bits per heavy atom. The molecule has 1 amide bonds. The number of carbonyl (C=O) groups is 1. The molecule has 1 aliphatic heterocycles. The van der Waals surface area contributed by atoms with Crippen LogP contribution in [0.1, 0.15) is 13.3 Å². The minimum atomic E-state index is -0.0364. The first-order chi connectivity index (χ1) is 9.10. The molecule has 2 N–H and O–H groups in total. The lowest BCUT2D eigenvalue weighted by Gasteiger charge is -2.24. The number of likely N-dealkylation sites (tertiary alicyclic amines) is 1. The van der Waals surface area contributed by atoms with Gasteiger partial charge in [0, 0.05) is 16.2 Å². The van der Waals surface area contributed by atoms with Crippen molar-refractivity contribution in [2.24, 2.45) is 5.92 Å². The van der Waals surface area contributed by atoms with Crippen LogP contribution in [-0.2, 0) is 4.79 Å². The van der Waals surface area contributed by atoms with Crippen LogP contribution in [0.4, 0.5) is 5.69 Å². The summed E-state index contributed by atoms with van der Waals surface area (Å²) in [5.41, 5.74) is 0.784.